The Labute approximate surface area is 229 Å². The molecule has 2 N–H and O–H groups in total. The van der Waals surface area contributed by atoms with E-state index in [-0.39, 0.29) is 25.0 Å². The molecule has 5 rings (SSSR count). The van der Waals surface area contributed by atoms with Crippen LogP contribution < -0.4 is 5.32 Å². The van der Waals surface area contributed by atoms with Gasteiger partial charge in [-0.3, -0.25) is 9.59 Å². The van der Waals surface area contributed by atoms with E-state index in [4.69, 9.17) is 4.74 Å². The van der Waals surface area contributed by atoms with Crippen LogP contribution in [-0.2, 0) is 20.9 Å². The van der Waals surface area contributed by atoms with Crippen molar-refractivity contribution in [2.45, 2.75) is 56.9 Å². The summed E-state index contributed by atoms with van der Waals surface area (Å²) in [4.78, 5) is 26.3. The Bertz CT molecular complexity index is 1370. The number of aliphatic hydroxyl groups excluding tert-OH is 1. The molecule has 1 amide bonds. The molecule has 1 fully saturated rings. The van der Waals surface area contributed by atoms with E-state index in [9.17, 15) is 14.7 Å². The summed E-state index contributed by atoms with van der Waals surface area (Å²) in [5, 5.41) is 13.4. The molecule has 0 unspecified atom stereocenters. The van der Waals surface area contributed by atoms with Crippen LogP contribution in [0.5, 0.6) is 0 Å². The predicted octanol–water partition coefficient (Wildman–Crippen LogP) is 5.92. The second-order valence-electron chi connectivity index (χ2n) is 10.1. The summed E-state index contributed by atoms with van der Waals surface area (Å²) in [6.45, 7) is 0.153. The monoisotopic (exact) mass is 522 g/mol. The molecule has 0 saturated heterocycles. The van der Waals surface area contributed by atoms with Crippen LogP contribution in [0.1, 0.15) is 43.7 Å². The molecule has 6 nitrogen and oxygen atoms in total. The number of ether oxygens (including phenoxy) is 1. The third kappa shape index (κ3) is 6.84. The van der Waals surface area contributed by atoms with Gasteiger partial charge in [0.25, 0.3) is 0 Å². The van der Waals surface area contributed by atoms with Gasteiger partial charge in [0.2, 0.25) is 5.91 Å². The standard InChI is InChI=1S/C33H34N2O4/c36-31-14-8-7-13-29(31)34-33(38)30(21-32(37)39-23-24-9-3-1-4-10-24)35-20-19-28(22-35)27-17-15-26(16-18-27)25-11-5-2-6-12-25/h1-6,9-12,15-20,22,29-31,36H,7-8,13-14,21,23H2,(H,34,38)/t29-,30-,31-/m1/s1. The number of hydrogen-bond acceptors (Lipinski definition) is 4. The van der Waals surface area contributed by atoms with E-state index < -0.39 is 18.1 Å². The van der Waals surface area contributed by atoms with Crippen molar-refractivity contribution in [1.29, 1.82) is 0 Å². The van der Waals surface area contributed by atoms with Gasteiger partial charge in [-0.05, 0) is 46.7 Å². The lowest BCUT2D eigenvalue weighted by Gasteiger charge is -2.30. The van der Waals surface area contributed by atoms with E-state index in [1.54, 1.807) is 4.57 Å². The van der Waals surface area contributed by atoms with Crippen LogP contribution in [0, 0.1) is 0 Å². The van der Waals surface area contributed by atoms with Gasteiger partial charge < -0.3 is 19.7 Å². The second-order valence-corrected chi connectivity index (χ2v) is 10.1. The molecule has 0 bridgehead atoms. The summed E-state index contributed by atoms with van der Waals surface area (Å²) in [7, 11) is 0. The lowest BCUT2D eigenvalue weighted by Crippen LogP contribution is -2.47. The Balaban J connectivity index is 1.33. The molecule has 3 atom stereocenters. The van der Waals surface area contributed by atoms with Crippen LogP contribution >= 0.6 is 0 Å². The number of rotatable bonds is 9. The van der Waals surface area contributed by atoms with E-state index in [0.29, 0.717) is 6.42 Å². The van der Waals surface area contributed by atoms with Gasteiger partial charge in [-0.1, -0.05) is 97.8 Å². The largest absolute Gasteiger partial charge is 0.461 e. The normalized spacial score (nSPS) is 17.8. The molecule has 6 heteroatoms. The van der Waals surface area contributed by atoms with Crippen molar-refractivity contribution >= 4 is 11.9 Å². The van der Waals surface area contributed by atoms with Crippen molar-refractivity contribution in [3.8, 4) is 22.3 Å². The molecular weight excluding hydrogens is 488 g/mol. The molecular formula is C33H34N2O4. The van der Waals surface area contributed by atoms with Gasteiger partial charge in [-0.15, -0.1) is 0 Å². The summed E-state index contributed by atoms with van der Waals surface area (Å²) in [6.07, 6.45) is 6.34. The van der Waals surface area contributed by atoms with E-state index >= 15 is 0 Å². The Morgan fingerprint density at radius 2 is 1.44 bits per heavy atom. The highest BCUT2D eigenvalue weighted by atomic mass is 16.5. The summed E-state index contributed by atoms with van der Waals surface area (Å²) < 4.78 is 7.28. The van der Waals surface area contributed by atoms with Gasteiger partial charge >= 0.3 is 5.97 Å². The third-order valence-electron chi connectivity index (χ3n) is 7.36. The van der Waals surface area contributed by atoms with Crippen molar-refractivity contribution in [1.82, 2.24) is 9.88 Å². The topological polar surface area (TPSA) is 80.6 Å². The number of benzene rings is 3. The molecule has 39 heavy (non-hydrogen) atoms. The number of carbonyl (C=O) groups excluding carboxylic acids is 2. The van der Waals surface area contributed by atoms with Crippen molar-refractivity contribution < 1.29 is 19.4 Å². The first kappa shape index (κ1) is 26.4. The highest BCUT2D eigenvalue weighted by Gasteiger charge is 2.30. The molecule has 200 valence electrons. The lowest BCUT2D eigenvalue weighted by molar-refractivity contribution is -0.148. The average molecular weight is 523 g/mol. The van der Waals surface area contributed by atoms with Crippen LogP contribution in [-0.4, -0.2) is 33.7 Å². The highest BCUT2D eigenvalue weighted by Crippen LogP contribution is 2.27. The summed E-state index contributed by atoms with van der Waals surface area (Å²) in [6, 6.07) is 28.8. The number of amides is 1. The molecule has 0 spiro atoms. The number of aromatic nitrogens is 1. The van der Waals surface area contributed by atoms with Crippen LogP contribution in [0.3, 0.4) is 0 Å². The Morgan fingerprint density at radius 1 is 0.821 bits per heavy atom. The molecule has 1 saturated carbocycles. The maximum Gasteiger partial charge on any atom is 0.308 e. The lowest BCUT2D eigenvalue weighted by atomic mass is 9.92. The fourth-order valence-electron chi connectivity index (χ4n) is 5.11. The Morgan fingerprint density at radius 3 is 2.13 bits per heavy atom. The number of nitrogens with zero attached hydrogens (tertiary/aromatic N) is 1. The zero-order valence-corrected chi connectivity index (χ0v) is 21.9. The SMILES string of the molecule is O=C(C[C@H](C(=O)N[C@@H]1CCCC[C@H]1O)n1ccc(-c2ccc(-c3ccccc3)cc2)c1)OCc1ccccc1. The molecule has 3 aromatic carbocycles. The zero-order chi connectivity index (χ0) is 27.0. The third-order valence-corrected chi connectivity index (χ3v) is 7.36. The minimum absolute atomic E-state index is 0.109. The summed E-state index contributed by atoms with van der Waals surface area (Å²) >= 11 is 0. The van der Waals surface area contributed by atoms with E-state index in [1.165, 1.54) is 0 Å². The number of esters is 1. The first-order valence-corrected chi connectivity index (χ1v) is 13.6. The quantitative estimate of drug-likeness (QED) is 0.268. The zero-order valence-electron chi connectivity index (χ0n) is 21.9. The second kappa shape index (κ2) is 12.6. The predicted molar refractivity (Wildman–Crippen MR) is 152 cm³/mol. The number of aliphatic hydroxyl groups is 1. The van der Waals surface area contributed by atoms with Gasteiger partial charge in [0.15, 0.2) is 0 Å². The van der Waals surface area contributed by atoms with Crippen molar-refractivity contribution in [2.24, 2.45) is 0 Å². The Kier molecular flexibility index (Phi) is 8.54. The first-order chi connectivity index (χ1) is 19.1. The maximum atomic E-state index is 13.5. The number of carbonyl (C=O) groups is 2. The van der Waals surface area contributed by atoms with Crippen LogP contribution in [0.15, 0.2) is 103 Å². The van der Waals surface area contributed by atoms with Gasteiger partial charge in [0, 0.05) is 12.4 Å². The van der Waals surface area contributed by atoms with Gasteiger partial charge in [0.1, 0.15) is 12.6 Å². The fraction of sp³-hybridized carbons (Fsp3) is 0.273. The van der Waals surface area contributed by atoms with Crippen molar-refractivity contribution in [2.75, 3.05) is 0 Å². The highest BCUT2D eigenvalue weighted by molar-refractivity contribution is 5.86. The first-order valence-electron chi connectivity index (χ1n) is 13.6. The van der Waals surface area contributed by atoms with Gasteiger partial charge in [0.05, 0.1) is 18.6 Å². The molecule has 1 aliphatic carbocycles. The van der Waals surface area contributed by atoms with Crippen molar-refractivity contribution in [3.05, 3.63) is 109 Å². The molecule has 0 aliphatic heterocycles. The van der Waals surface area contributed by atoms with E-state index in [1.807, 2.05) is 67.0 Å². The minimum atomic E-state index is -0.792. The maximum absolute atomic E-state index is 13.5. The van der Waals surface area contributed by atoms with Crippen LogP contribution in [0.25, 0.3) is 22.3 Å². The number of nitrogens with one attached hydrogen (secondary N) is 1. The van der Waals surface area contributed by atoms with Gasteiger partial charge in [-0.25, -0.2) is 0 Å². The number of hydrogen-bond donors (Lipinski definition) is 2. The van der Waals surface area contributed by atoms with Gasteiger partial charge in [-0.2, -0.15) is 0 Å². The molecule has 0 radical (unpaired) electrons. The molecule has 1 heterocycles. The van der Waals surface area contributed by atoms with E-state index in [2.05, 4.69) is 41.7 Å². The van der Waals surface area contributed by atoms with Crippen LogP contribution in [0.4, 0.5) is 0 Å². The van der Waals surface area contributed by atoms with Crippen molar-refractivity contribution in [3.63, 3.8) is 0 Å². The summed E-state index contributed by atoms with van der Waals surface area (Å²) in [5.74, 6) is -0.746. The molecule has 1 aromatic heterocycles. The average Bonchev–Trinajstić information content (AvgIpc) is 3.47. The van der Waals surface area contributed by atoms with Crippen LogP contribution in [0.2, 0.25) is 0 Å². The fourth-order valence-corrected chi connectivity index (χ4v) is 5.11. The Hall–Kier alpha value is -4.16. The van der Waals surface area contributed by atoms with E-state index in [0.717, 1.165) is 47.1 Å². The summed E-state index contributed by atoms with van der Waals surface area (Å²) in [5.41, 5.74) is 5.13. The molecule has 4 aromatic rings. The molecule has 1 aliphatic rings. The smallest absolute Gasteiger partial charge is 0.308 e. The minimum Gasteiger partial charge on any atom is -0.461 e.